The minimum atomic E-state index is -0.698. The van der Waals surface area contributed by atoms with Crippen LogP contribution in [0.2, 0.25) is 0 Å². The predicted molar refractivity (Wildman–Crippen MR) is 70.9 cm³/mol. The van der Waals surface area contributed by atoms with E-state index in [2.05, 4.69) is 15.5 Å². The van der Waals surface area contributed by atoms with Gasteiger partial charge in [0.1, 0.15) is 5.82 Å². The maximum atomic E-state index is 13.6. The summed E-state index contributed by atoms with van der Waals surface area (Å²) >= 11 is 0. The Balaban J connectivity index is 2.33. The molecule has 0 radical (unpaired) electrons. The van der Waals surface area contributed by atoms with Crippen molar-refractivity contribution < 1.29 is 14.0 Å². The van der Waals surface area contributed by atoms with E-state index in [0.717, 1.165) is 6.07 Å². The van der Waals surface area contributed by atoms with Crippen LogP contribution in [0.15, 0.2) is 18.2 Å². The lowest BCUT2D eigenvalue weighted by atomic mass is 10.1. The Morgan fingerprint density at radius 3 is 2.60 bits per heavy atom. The van der Waals surface area contributed by atoms with Gasteiger partial charge in [-0.15, -0.1) is 0 Å². The highest BCUT2D eigenvalue weighted by Gasteiger charge is 2.17. The van der Waals surface area contributed by atoms with Crippen LogP contribution in [-0.4, -0.2) is 22.0 Å². The van der Waals surface area contributed by atoms with Crippen LogP contribution >= 0.6 is 0 Å². The molecule has 1 aromatic heterocycles. The molecular weight excluding hydrogens is 263 g/mol. The number of H-pyrrole nitrogens is 1. The summed E-state index contributed by atoms with van der Waals surface area (Å²) in [6, 6.07) is 3.52. The lowest BCUT2D eigenvalue weighted by Crippen LogP contribution is -2.16. The number of carbonyl (C=O) groups excluding carboxylic acids is 2. The van der Waals surface area contributed by atoms with Gasteiger partial charge in [0.15, 0.2) is 0 Å². The van der Waals surface area contributed by atoms with E-state index in [9.17, 15) is 14.0 Å². The largest absolute Gasteiger partial charge is 0.366 e. The lowest BCUT2D eigenvalue weighted by molar-refractivity contribution is 0.0995. The molecule has 0 spiro atoms. The van der Waals surface area contributed by atoms with Crippen LogP contribution in [0.5, 0.6) is 0 Å². The summed E-state index contributed by atoms with van der Waals surface area (Å²) in [5.74, 6) is -1.85. The second-order valence-corrected chi connectivity index (χ2v) is 4.32. The first-order chi connectivity index (χ1) is 9.40. The number of nitrogens with zero attached hydrogens (tertiary/aromatic N) is 1. The third-order valence-electron chi connectivity index (χ3n) is 2.85. The van der Waals surface area contributed by atoms with Crippen LogP contribution in [0, 0.1) is 19.7 Å². The second-order valence-electron chi connectivity index (χ2n) is 4.32. The maximum Gasteiger partial charge on any atom is 0.259 e. The maximum absolute atomic E-state index is 13.6. The van der Waals surface area contributed by atoms with Gasteiger partial charge in [0.2, 0.25) is 5.91 Å². The molecule has 104 valence electrons. The van der Waals surface area contributed by atoms with Crippen LogP contribution in [-0.2, 0) is 0 Å². The average Bonchev–Trinajstić information content (AvgIpc) is 2.71. The first-order valence-corrected chi connectivity index (χ1v) is 5.82. The summed E-state index contributed by atoms with van der Waals surface area (Å²) in [6.07, 6.45) is 0. The van der Waals surface area contributed by atoms with E-state index >= 15 is 0 Å². The molecule has 4 N–H and O–H groups in total. The van der Waals surface area contributed by atoms with E-state index in [1.807, 2.05) is 0 Å². The highest BCUT2D eigenvalue weighted by molar-refractivity contribution is 6.06. The zero-order chi connectivity index (χ0) is 14.9. The van der Waals surface area contributed by atoms with E-state index in [1.54, 1.807) is 13.8 Å². The number of nitrogens with two attached hydrogens (primary N) is 1. The number of amides is 2. The van der Waals surface area contributed by atoms with E-state index in [0.29, 0.717) is 17.0 Å². The average molecular weight is 276 g/mol. The standard InChI is InChI=1S/C13H13FN4O2/c1-6-11(7(2)18-17-6)13(20)16-10-5-8(12(15)19)3-4-9(10)14/h3-5H,1-2H3,(H2,15,19)(H,16,20)(H,17,18). The molecule has 0 bridgehead atoms. The summed E-state index contributed by atoms with van der Waals surface area (Å²) in [5.41, 5.74) is 6.55. The topological polar surface area (TPSA) is 101 Å². The summed E-state index contributed by atoms with van der Waals surface area (Å²) in [7, 11) is 0. The summed E-state index contributed by atoms with van der Waals surface area (Å²) in [5, 5.41) is 8.97. The van der Waals surface area contributed by atoms with Gasteiger partial charge in [0.25, 0.3) is 5.91 Å². The van der Waals surface area contributed by atoms with E-state index < -0.39 is 17.6 Å². The highest BCUT2D eigenvalue weighted by Crippen LogP contribution is 2.18. The van der Waals surface area contributed by atoms with Gasteiger partial charge in [-0.05, 0) is 32.0 Å². The van der Waals surface area contributed by atoms with Gasteiger partial charge in [-0.25, -0.2) is 4.39 Å². The Labute approximate surface area is 114 Å². The minimum absolute atomic E-state index is 0.105. The molecule has 2 rings (SSSR count). The van der Waals surface area contributed by atoms with Crippen molar-refractivity contribution in [1.82, 2.24) is 10.2 Å². The normalized spacial score (nSPS) is 10.3. The second kappa shape index (κ2) is 5.12. The number of primary amides is 1. The lowest BCUT2D eigenvalue weighted by Gasteiger charge is -2.07. The third-order valence-corrected chi connectivity index (χ3v) is 2.85. The highest BCUT2D eigenvalue weighted by atomic mass is 19.1. The number of hydrogen-bond donors (Lipinski definition) is 3. The Hall–Kier alpha value is -2.70. The first-order valence-electron chi connectivity index (χ1n) is 5.82. The molecule has 2 amide bonds. The number of benzene rings is 1. The SMILES string of the molecule is Cc1n[nH]c(C)c1C(=O)Nc1cc(C(N)=O)ccc1F. The molecule has 0 saturated heterocycles. The summed E-state index contributed by atoms with van der Waals surface area (Å²) < 4.78 is 13.6. The van der Waals surface area contributed by atoms with Crippen LogP contribution in [0.25, 0.3) is 0 Å². The fourth-order valence-corrected chi connectivity index (χ4v) is 1.84. The zero-order valence-electron chi connectivity index (χ0n) is 11.0. The molecule has 20 heavy (non-hydrogen) atoms. The van der Waals surface area contributed by atoms with Crippen LogP contribution in [0.3, 0.4) is 0 Å². The molecule has 1 aromatic carbocycles. The molecule has 6 nitrogen and oxygen atoms in total. The summed E-state index contributed by atoms with van der Waals surface area (Å²) in [4.78, 5) is 23.2. The Kier molecular flexibility index (Phi) is 3.51. The molecule has 0 aliphatic carbocycles. The number of halogens is 1. The molecule has 2 aromatic rings. The smallest absolute Gasteiger partial charge is 0.259 e. The van der Waals surface area contributed by atoms with Crippen molar-refractivity contribution in [3.63, 3.8) is 0 Å². The predicted octanol–water partition coefficient (Wildman–Crippen LogP) is 1.52. The molecule has 0 fully saturated rings. The molecule has 1 heterocycles. The Morgan fingerprint density at radius 1 is 1.35 bits per heavy atom. The monoisotopic (exact) mass is 276 g/mol. The van der Waals surface area contributed by atoms with Crippen molar-refractivity contribution in [3.05, 3.63) is 46.5 Å². The number of aryl methyl sites for hydroxylation is 2. The Morgan fingerprint density at radius 2 is 2.05 bits per heavy atom. The molecule has 0 saturated carbocycles. The third kappa shape index (κ3) is 2.51. The van der Waals surface area contributed by atoms with Crippen molar-refractivity contribution >= 4 is 17.5 Å². The van der Waals surface area contributed by atoms with Crippen LogP contribution in [0.1, 0.15) is 32.1 Å². The number of hydrogen-bond acceptors (Lipinski definition) is 3. The van der Waals surface area contributed by atoms with E-state index in [1.165, 1.54) is 12.1 Å². The van der Waals surface area contributed by atoms with Crippen molar-refractivity contribution in [2.24, 2.45) is 5.73 Å². The van der Waals surface area contributed by atoms with Gasteiger partial charge in [-0.2, -0.15) is 5.10 Å². The first kappa shape index (κ1) is 13.7. The van der Waals surface area contributed by atoms with Gasteiger partial charge < -0.3 is 11.1 Å². The van der Waals surface area contributed by atoms with Crippen LogP contribution in [0.4, 0.5) is 10.1 Å². The van der Waals surface area contributed by atoms with Crippen LogP contribution < -0.4 is 11.1 Å². The van der Waals surface area contributed by atoms with Crippen molar-refractivity contribution in [1.29, 1.82) is 0 Å². The van der Waals surface area contributed by atoms with Gasteiger partial charge in [0, 0.05) is 11.3 Å². The number of rotatable bonds is 3. The molecule has 7 heteroatoms. The Bertz CT molecular complexity index is 674. The number of aromatic nitrogens is 2. The zero-order valence-corrected chi connectivity index (χ0v) is 11.0. The number of carbonyl (C=O) groups is 2. The summed E-state index contributed by atoms with van der Waals surface area (Å²) in [6.45, 7) is 3.35. The number of nitrogens with one attached hydrogen (secondary N) is 2. The molecule has 0 aliphatic rings. The molecule has 0 atom stereocenters. The minimum Gasteiger partial charge on any atom is -0.366 e. The number of anilines is 1. The molecular formula is C13H13FN4O2. The number of aromatic amines is 1. The molecule has 0 unspecified atom stereocenters. The van der Waals surface area contributed by atoms with Gasteiger partial charge in [0.05, 0.1) is 16.9 Å². The van der Waals surface area contributed by atoms with Crippen molar-refractivity contribution in [2.75, 3.05) is 5.32 Å². The van der Waals surface area contributed by atoms with E-state index in [4.69, 9.17) is 5.73 Å². The quantitative estimate of drug-likeness (QED) is 0.792. The van der Waals surface area contributed by atoms with Gasteiger partial charge in [-0.3, -0.25) is 14.7 Å². The fraction of sp³-hybridized carbons (Fsp3) is 0.154. The van der Waals surface area contributed by atoms with Crippen molar-refractivity contribution in [2.45, 2.75) is 13.8 Å². The van der Waals surface area contributed by atoms with Gasteiger partial charge >= 0.3 is 0 Å². The fourth-order valence-electron chi connectivity index (χ4n) is 1.84. The van der Waals surface area contributed by atoms with Gasteiger partial charge in [-0.1, -0.05) is 0 Å². The van der Waals surface area contributed by atoms with E-state index in [-0.39, 0.29) is 11.3 Å². The van der Waals surface area contributed by atoms with Crippen molar-refractivity contribution in [3.8, 4) is 0 Å². The molecule has 0 aliphatic heterocycles.